The average Bonchev–Trinajstić information content (AvgIpc) is 3.78. The summed E-state index contributed by atoms with van der Waals surface area (Å²) in [5, 5.41) is 7.03. The summed E-state index contributed by atoms with van der Waals surface area (Å²) in [7, 11) is 0. The molecule has 1 aliphatic carbocycles. The molecule has 0 atom stereocenters. The fourth-order valence-corrected chi connectivity index (χ4v) is 9.00. The molecule has 55 heavy (non-hydrogen) atoms. The summed E-state index contributed by atoms with van der Waals surface area (Å²) in [5.41, 5.74) is 13.7. The van der Waals surface area contributed by atoms with Gasteiger partial charge in [-0.15, -0.1) is 0 Å². The number of para-hydroxylation sites is 2. The molecule has 10 aromatic rings. The Morgan fingerprint density at radius 2 is 1.05 bits per heavy atom. The molecular weight excluding hydrogens is 669 g/mol. The first-order chi connectivity index (χ1) is 27.0. The van der Waals surface area contributed by atoms with E-state index in [1.165, 1.54) is 54.9 Å². The van der Waals surface area contributed by atoms with Crippen LogP contribution in [0.5, 0.6) is 0 Å². The van der Waals surface area contributed by atoms with Crippen molar-refractivity contribution in [3.8, 4) is 33.7 Å². The van der Waals surface area contributed by atoms with Crippen molar-refractivity contribution >= 4 is 60.5 Å². The Labute approximate surface area is 319 Å². The Morgan fingerprint density at radius 3 is 1.78 bits per heavy atom. The normalized spacial score (nSPS) is 13.1. The van der Waals surface area contributed by atoms with Gasteiger partial charge in [0.05, 0.1) is 0 Å². The molecule has 3 nitrogen and oxygen atoms in total. The van der Waals surface area contributed by atoms with Crippen LogP contribution in [0.1, 0.15) is 25.0 Å². The van der Waals surface area contributed by atoms with E-state index in [1.54, 1.807) is 0 Å². The molecule has 1 aliphatic rings. The van der Waals surface area contributed by atoms with Gasteiger partial charge in [0.15, 0.2) is 5.58 Å². The van der Waals surface area contributed by atoms with Gasteiger partial charge in [0.2, 0.25) is 5.89 Å². The maximum atomic E-state index is 6.61. The second kappa shape index (κ2) is 12.0. The molecule has 0 radical (unpaired) electrons. The molecule has 0 N–H and O–H groups in total. The lowest BCUT2D eigenvalue weighted by atomic mass is 9.82. The van der Waals surface area contributed by atoms with Crippen LogP contribution >= 0.6 is 0 Å². The van der Waals surface area contributed by atoms with Crippen molar-refractivity contribution in [3.63, 3.8) is 0 Å². The van der Waals surface area contributed by atoms with Crippen LogP contribution in [-0.4, -0.2) is 4.98 Å². The first kappa shape index (κ1) is 31.5. The molecule has 3 heteroatoms. The third-order valence-corrected chi connectivity index (χ3v) is 11.6. The Bertz CT molecular complexity index is 3070. The van der Waals surface area contributed by atoms with E-state index in [1.807, 2.05) is 30.3 Å². The minimum absolute atomic E-state index is 0.128. The molecule has 0 aliphatic heterocycles. The molecule has 0 bridgehead atoms. The number of nitrogens with zero attached hydrogens (tertiary/aromatic N) is 2. The maximum absolute atomic E-state index is 6.61. The molecular formula is C52H36N2O. The predicted octanol–water partition coefficient (Wildman–Crippen LogP) is 14.4. The Balaban J connectivity index is 1.10. The number of hydrogen-bond acceptors (Lipinski definition) is 3. The second-order valence-corrected chi connectivity index (χ2v) is 15.2. The Morgan fingerprint density at radius 1 is 0.455 bits per heavy atom. The highest BCUT2D eigenvalue weighted by Crippen LogP contribution is 2.52. The Kier molecular flexibility index (Phi) is 6.90. The molecule has 0 saturated carbocycles. The lowest BCUT2D eigenvalue weighted by molar-refractivity contribution is 0.623. The molecule has 0 unspecified atom stereocenters. The van der Waals surface area contributed by atoms with E-state index in [0.29, 0.717) is 5.89 Å². The van der Waals surface area contributed by atoms with Crippen molar-refractivity contribution in [1.82, 2.24) is 4.98 Å². The first-order valence-electron chi connectivity index (χ1n) is 19.0. The van der Waals surface area contributed by atoms with Crippen LogP contribution in [-0.2, 0) is 5.41 Å². The molecule has 1 aromatic heterocycles. The quantitative estimate of drug-likeness (QED) is 0.167. The van der Waals surface area contributed by atoms with Gasteiger partial charge in [-0.1, -0.05) is 129 Å². The van der Waals surface area contributed by atoms with Crippen molar-refractivity contribution in [1.29, 1.82) is 0 Å². The lowest BCUT2D eigenvalue weighted by Crippen LogP contribution is -2.15. The fourth-order valence-electron chi connectivity index (χ4n) is 9.00. The van der Waals surface area contributed by atoms with Gasteiger partial charge in [-0.05, 0) is 122 Å². The zero-order valence-corrected chi connectivity index (χ0v) is 30.6. The van der Waals surface area contributed by atoms with Crippen molar-refractivity contribution in [3.05, 3.63) is 193 Å². The summed E-state index contributed by atoms with van der Waals surface area (Å²) >= 11 is 0. The molecule has 0 fully saturated rings. The summed E-state index contributed by atoms with van der Waals surface area (Å²) in [6.07, 6.45) is 0. The first-order valence-corrected chi connectivity index (χ1v) is 19.0. The predicted molar refractivity (Wildman–Crippen MR) is 230 cm³/mol. The van der Waals surface area contributed by atoms with E-state index in [2.05, 4.69) is 170 Å². The van der Waals surface area contributed by atoms with Gasteiger partial charge >= 0.3 is 0 Å². The molecule has 260 valence electrons. The molecule has 0 saturated heterocycles. The van der Waals surface area contributed by atoms with Crippen LogP contribution in [0.4, 0.5) is 17.1 Å². The van der Waals surface area contributed by atoms with Gasteiger partial charge in [0, 0.05) is 38.8 Å². The monoisotopic (exact) mass is 704 g/mol. The van der Waals surface area contributed by atoms with Gasteiger partial charge in [-0.25, -0.2) is 4.98 Å². The largest absolute Gasteiger partial charge is 0.435 e. The minimum Gasteiger partial charge on any atom is -0.435 e. The zero-order chi connectivity index (χ0) is 36.7. The van der Waals surface area contributed by atoms with Crippen molar-refractivity contribution in [2.75, 3.05) is 4.90 Å². The highest BCUT2D eigenvalue weighted by Gasteiger charge is 2.36. The highest BCUT2D eigenvalue weighted by atomic mass is 16.3. The molecule has 11 rings (SSSR count). The third-order valence-electron chi connectivity index (χ3n) is 11.6. The summed E-state index contributed by atoms with van der Waals surface area (Å²) < 4.78 is 6.61. The standard InChI is InChI=1S/C52H36N2O/c1-52(2)45-27-24-35(30-43(45)44-32-39(26-28-46(44)52)54(37-16-8-4-9-17-37)38-18-10-5-11-19-38)42-31-36-23-22-33-25-29-47-50(55-51(53-47)34-14-6-3-7-15-34)49(33)48(36)41-21-13-12-20-40(41)42/h3-32H,1-2H3. The van der Waals surface area contributed by atoms with E-state index >= 15 is 0 Å². The zero-order valence-electron chi connectivity index (χ0n) is 30.6. The van der Waals surface area contributed by atoms with Crippen LogP contribution in [0.15, 0.2) is 186 Å². The van der Waals surface area contributed by atoms with E-state index < -0.39 is 0 Å². The molecule has 1 heterocycles. The molecule has 9 aromatic carbocycles. The lowest BCUT2D eigenvalue weighted by Gasteiger charge is -2.27. The van der Waals surface area contributed by atoms with E-state index in [4.69, 9.17) is 9.40 Å². The highest BCUT2D eigenvalue weighted by molar-refractivity contribution is 6.28. The minimum atomic E-state index is -0.128. The molecule has 0 amide bonds. The summed E-state index contributed by atoms with van der Waals surface area (Å²) in [6, 6.07) is 65.5. The van der Waals surface area contributed by atoms with Crippen LogP contribution in [0, 0.1) is 0 Å². The van der Waals surface area contributed by atoms with Crippen molar-refractivity contribution in [2.45, 2.75) is 19.3 Å². The summed E-state index contributed by atoms with van der Waals surface area (Å²) in [5.74, 6) is 0.640. The average molecular weight is 705 g/mol. The van der Waals surface area contributed by atoms with E-state index in [0.717, 1.165) is 44.5 Å². The van der Waals surface area contributed by atoms with Gasteiger partial charge in [0.1, 0.15) is 5.52 Å². The number of anilines is 3. The van der Waals surface area contributed by atoms with Crippen LogP contribution < -0.4 is 4.90 Å². The van der Waals surface area contributed by atoms with Gasteiger partial charge < -0.3 is 9.32 Å². The number of oxazole rings is 1. The Hall–Kier alpha value is -6.97. The van der Waals surface area contributed by atoms with E-state index in [-0.39, 0.29) is 5.41 Å². The van der Waals surface area contributed by atoms with Crippen molar-refractivity contribution < 1.29 is 4.42 Å². The number of rotatable bonds is 5. The SMILES string of the molecule is CC1(C)c2ccc(-c3cc4ccc5ccc6nc(-c7ccccc7)oc6c5c4c4ccccc34)cc2-c2cc(N(c3ccccc3)c3ccccc3)ccc21. The second-order valence-electron chi connectivity index (χ2n) is 15.2. The molecule has 0 spiro atoms. The maximum Gasteiger partial charge on any atom is 0.227 e. The van der Waals surface area contributed by atoms with Gasteiger partial charge in [-0.2, -0.15) is 0 Å². The van der Waals surface area contributed by atoms with Gasteiger partial charge in [0.25, 0.3) is 0 Å². The van der Waals surface area contributed by atoms with Crippen molar-refractivity contribution in [2.24, 2.45) is 0 Å². The van der Waals surface area contributed by atoms with Crippen LogP contribution in [0.25, 0.3) is 77.1 Å². The van der Waals surface area contributed by atoms with Crippen LogP contribution in [0.2, 0.25) is 0 Å². The summed E-state index contributed by atoms with van der Waals surface area (Å²) in [4.78, 5) is 7.28. The number of hydrogen-bond donors (Lipinski definition) is 0. The smallest absolute Gasteiger partial charge is 0.227 e. The van der Waals surface area contributed by atoms with E-state index in [9.17, 15) is 0 Å². The fraction of sp³-hybridized carbons (Fsp3) is 0.0577. The number of aromatic nitrogens is 1. The number of fused-ring (bicyclic) bond motifs is 10. The number of benzene rings is 9. The third kappa shape index (κ3) is 4.86. The summed E-state index contributed by atoms with van der Waals surface area (Å²) in [6.45, 7) is 4.71. The van der Waals surface area contributed by atoms with Gasteiger partial charge in [-0.3, -0.25) is 0 Å². The topological polar surface area (TPSA) is 29.3 Å². The van der Waals surface area contributed by atoms with Crippen LogP contribution in [0.3, 0.4) is 0 Å².